The number of amides is 2. The molecule has 0 fully saturated rings. The van der Waals surface area contributed by atoms with Crippen molar-refractivity contribution in [3.63, 3.8) is 0 Å². The predicted octanol–water partition coefficient (Wildman–Crippen LogP) is 5.19. The highest BCUT2D eigenvalue weighted by molar-refractivity contribution is 6.32. The number of amidine groups is 1. The molecule has 124 valence electrons. The summed E-state index contributed by atoms with van der Waals surface area (Å²) in [6.45, 7) is 4.69. The lowest BCUT2D eigenvalue weighted by Gasteiger charge is -2.23. The third kappa shape index (κ3) is 3.60. The average Bonchev–Trinajstić information content (AvgIpc) is 3.05. The van der Waals surface area contributed by atoms with Gasteiger partial charge in [-0.25, -0.2) is 4.79 Å². The fraction of sp³-hybridized carbons (Fsp3) is 0.263. The molecule has 4 nitrogen and oxygen atoms in total. The van der Waals surface area contributed by atoms with Crippen molar-refractivity contribution in [3.05, 3.63) is 58.6 Å². The van der Waals surface area contributed by atoms with Gasteiger partial charge < -0.3 is 5.32 Å². The van der Waals surface area contributed by atoms with Crippen LogP contribution in [0.15, 0.2) is 47.5 Å². The number of nitrogens with one attached hydrogen (secondary N) is 1. The normalized spacial score (nSPS) is 13.5. The molecule has 0 aromatic heterocycles. The Bertz CT molecular complexity index is 801. The number of aliphatic imine (C=N–C) groups is 1. The van der Waals surface area contributed by atoms with Crippen molar-refractivity contribution < 1.29 is 4.79 Å². The van der Waals surface area contributed by atoms with Gasteiger partial charge in [0.2, 0.25) is 0 Å². The average molecular weight is 342 g/mol. The van der Waals surface area contributed by atoms with Crippen LogP contribution in [0, 0.1) is 13.8 Å². The molecule has 2 amide bonds. The van der Waals surface area contributed by atoms with E-state index < -0.39 is 0 Å². The van der Waals surface area contributed by atoms with Crippen molar-refractivity contribution in [2.75, 3.05) is 16.8 Å². The number of carbonyl (C=O) groups is 1. The van der Waals surface area contributed by atoms with Gasteiger partial charge in [0.15, 0.2) is 0 Å². The summed E-state index contributed by atoms with van der Waals surface area (Å²) in [6, 6.07) is 13.1. The predicted molar refractivity (Wildman–Crippen MR) is 100 cm³/mol. The second-order valence-corrected chi connectivity index (χ2v) is 6.38. The van der Waals surface area contributed by atoms with E-state index in [-0.39, 0.29) is 6.03 Å². The number of hydrogen-bond donors (Lipinski definition) is 1. The zero-order valence-electron chi connectivity index (χ0n) is 13.8. The summed E-state index contributed by atoms with van der Waals surface area (Å²) in [4.78, 5) is 19.0. The van der Waals surface area contributed by atoms with Gasteiger partial charge in [-0.15, -0.1) is 0 Å². The van der Waals surface area contributed by atoms with E-state index in [9.17, 15) is 4.79 Å². The maximum absolute atomic E-state index is 12.9. The summed E-state index contributed by atoms with van der Waals surface area (Å²) in [5.41, 5.74) is 3.57. The fourth-order valence-electron chi connectivity index (χ4n) is 2.71. The Labute approximate surface area is 147 Å². The van der Waals surface area contributed by atoms with Gasteiger partial charge in [0.1, 0.15) is 5.84 Å². The Morgan fingerprint density at radius 1 is 1.21 bits per heavy atom. The first-order chi connectivity index (χ1) is 11.5. The third-order valence-electron chi connectivity index (χ3n) is 4.00. The van der Waals surface area contributed by atoms with Gasteiger partial charge in [0.05, 0.1) is 5.69 Å². The maximum atomic E-state index is 12.9. The number of benzene rings is 2. The highest BCUT2D eigenvalue weighted by Gasteiger charge is 2.24. The van der Waals surface area contributed by atoms with Crippen LogP contribution < -0.4 is 10.2 Å². The SMILES string of the molecule is Cc1cccc(NC(=O)N(C2=NCCC2)c2ccc(C)c(Cl)c2)c1. The number of carbonyl (C=O) groups excluding carboxylic acids is 1. The quantitative estimate of drug-likeness (QED) is 0.802. The second-order valence-electron chi connectivity index (χ2n) is 5.97. The number of urea groups is 1. The second kappa shape index (κ2) is 7.05. The molecule has 5 heteroatoms. The lowest BCUT2D eigenvalue weighted by molar-refractivity contribution is 0.259. The van der Waals surface area contributed by atoms with Crippen LogP contribution in [-0.4, -0.2) is 18.4 Å². The van der Waals surface area contributed by atoms with E-state index >= 15 is 0 Å². The highest BCUT2D eigenvalue weighted by Crippen LogP contribution is 2.26. The molecular formula is C19H20ClN3O. The number of hydrogen-bond acceptors (Lipinski definition) is 2. The summed E-state index contributed by atoms with van der Waals surface area (Å²) < 4.78 is 0. The molecule has 1 heterocycles. The van der Waals surface area contributed by atoms with Crippen molar-refractivity contribution in [2.45, 2.75) is 26.7 Å². The largest absolute Gasteiger partial charge is 0.331 e. The summed E-state index contributed by atoms with van der Waals surface area (Å²) in [6.07, 6.45) is 1.75. The number of nitrogens with zero attached hydrogens (tertiary/aromatic N) is 2. The van der Waals surface area contributed by atoms with Crippen LogP contribution in [0.2, 0.25) is 5.02 Å². The van der Waals surface area contributed by atoms with E-state index in [0.29, 0.717) is 5.02 Å². The molecule has 1 N–H and O–H groups in total. The highest BCUT2D eigenvalue weighted by atomic mass is 35.5. The molecule has 0 unspecified atom stereocenters. The van der Waals surface area contributed by atoms with Crippen molar-refractivity contribution in [1.82, 2.24) is 0 Å². The molecule has 24 heavy (non-hydrogen) atoms. The van der Waals surface area contributed by atoms with Crippen LogP contribution in [0.1, 0.15) is 24.0 Å². The van der Waals surface area contributed by atoms with Crippen LogP contribution in [0.3, 0.4) is 0 Å². The van der Waals surface area contributed by atoms with Crippen molar-refractivity contribution in [2.24, 2.45) is 4.99 Å². The van der Waals surface area contributed by atoms with E-state index in [1.54, 1.807) is 4.90 Å². The molecule has 0 saturated heterocycles. The molecule has 0 saturated carbocycles. The maximum Gasteiger partial charge on any atom is 0.331 e. The number of rotatable bonds is 2. The van der Waals surface area contributed by atoms with Gasteiger partial charge in [-0.05, 0) is 55.7 Å². The Kier molecular flexibility index (Phi) is 4.86. The minimum atomic E-state index is -0.221. The Balaban J connectivity index is 1.92. The molecule has 0 spiro atoms. The first kappa shape index (κ1) is 16.5. The molecular weight excluding hydrogens is 322 g/mol. The monoisotopic (exact) mass is 341 g/mol. The third-order valence-corrected chi connectivity index (χ3v) is 4.40. The number of aryl methyl sites for hydroxylation is 2. The molecule has 1 aliphatic rings. The van der Waals surface area contributed by atoms with Crippen LogP contribution in [0.5, 0.6) is 0 Å². The summed E-state index contributed by atoms with van der Waals surface area (Å²) >= 11 is 6.25. The Morgan fingerprint density at radius 3 is 2.71 bits per heavy atom. The lowest BCUT2D eigenvalue weighted by Crippen LogP contribution is -2.39. The van der Waals surface area contributed by atoms with Crippen molar-refractivity contribution in [3.8, 4) is 0 Å². The fourth-order valence-corrected chi connectivity index (χ4v) is 2.89. The topological polar surface area (TPSA) is 44.7 Å². The summed E-state index contributed by atoms with van der Waals surface area (Å²) in [5.74, 6) is 0.778. The van der Waals surface area contributed by atoms with E-state index in [1.807, 2.05) is 56.3 Å². The van der Waals surface area contributed by atoms with Crippen LogP contribution >= 0.6 is 11.6 Å². The zero-order chi connectivity index (χ0) is 17.1. The van der Waals surface area contributed by atoms with Crippen LogP contribution in [-0.2, 0) is 0 Å². The van der Waals surface area contributed by atoms with E-state index in [4.69, 9.17) is 11.6 Å². The molecule has 0 aliphatic carbocycles. The van der Waals surface area contributed by atoms with Gasteiger partial charge in [0.25, 0.3) is 0 Å². The Morgan fingerprint density at radius 2 is 2.04 bits per heavy atom. The first-order valence-corrected chi connectivity index (χ1v) is 8.39. The van der Waals surface area contributed by atoms with Crippen LogP contribution in [0.25, 0.3) is 0 Å². The zero-order valence-corrected chi connectivity index (χ0v) is 14.6. The minimum Gasteiger partial charge on any atom is -0.307 e. The molecule has 0 bridgehead atoms. The van der Waals surface area contributed by atoms with Gasteiger partial charge in [-0.1, -0.05) is 29.8 Å². The van der Waals surface area contributed by atoms with Gasteiger partial charge in [0, 0.05) is 23.7 Å². The van der Waals surface area contributed by atoms with Crippen LogP contribution in [0.4, 0.5) is 16.2 Å². The molecule has 2 aromatic rings. The standard InChI is InChI=1S/C19H20ClN3O/c1-13-5-3-6-15(11-13)22-19(24)23(18-7-4-10-21-18)16-9-8-14(2)17(20)12-16/h3,5-6,8-9,11-12H,4,7,10H2,1-2H3,(H,22,24). The molecule has 3 rings (SSSR count). The number of halogens is 1. The van der Waals surface area contributed by atoms with Crippen molar-refractivity contribution >= 4 is 34.8 Å². The molecule has 0 atom stereocenters. The smallest absolute Gasteiger partial charge is 0.307 e. The minimum absolute atomic E-state index is 0.221. The van der Waals surface area contributed by atoms with Gasteiger partial charge >= 0.3 is 6.03 Å². The van der Waals surface area contributed by atoms with Gasteiger partial charge in [-0.2, -0.15) is 0 Å². The van der Waals surface area contributed by atoms with E-state index in [1.165, 1.54) is 0 Å². The van der Waals surface area contributed by atoms with Crippen molar-refractivity contribution in [1.29, 1.82) is 0 Å². The molecule has 1 aliphatic heterocycles. The van der Waals surface area contributed by atoms with Gasteiger partial charge in [-0.3, -0.25) is 9.89 Å². The number of anilines is 2. The summed E-state index contributed by atoms with van der Waals surface area (Å²) in [7, 11) is 0. The molecule has 2 aromatic carbocycles. The van der Waals surface area contributed by atoms with E-state index in [2.05, 4.69) is 10.3 Å². The summed E-state index contributed by atoms with van der Waals surface area (Å²) in [5, 5.41) is 3.59. The first-order valence-electron chi connectivity index (χ1n) is 8.02. The Hall–Kier alpha value is -2.33. The molecule has 0 radical (unpaired) electrons. The van der Waals surface area contributed by atoms with E-state index in [0.717, 1.165) is 47.7 Å². The lowest BCUT2D eigenvalue weighted by atomic mass is 10.2.